The van der Waals surface area contributed by atoms with Gasteiger partial charge in [0.2, 0.25) is 0 Å². The molecule has 1 aromatic heterocycles. The van der Waals surface area contributed by atoms with Gasteiger partial charge in [-0.15, -0.1) is 0 Å². The summed E-state index contributed by atoms with van der Waals surface area (Å²) in [6.07, 6.45) is -3.56. The molecule has 1 unspecified atom stereocenters. The predicted octanol–water partition coefficient (Wildman–Crippen LogP) is 1.77. The summed E-state index contributed by atoms with van der Waals surface area (Å²) in [5.41, 5.74) is 1.00. The molecule has 1 atom stereocenters. The lowest BCUT2D eigenvalue weighted by Gasteiger charge is -2.33. The molecule has 112 valence electrons. The van der Waals surface area contributed by atoms with Crippen molar-refractivity contribution in [1.82, 2.24) is 15.1 Å². The molecule has 2 heterocycles. The fourth-order valence-corrected chi connectivity index (χ4v) is 2.14. The molecule has 0 radical (unpaired) electrons. The molecule has 1 aliphatic rings. The number of hydrogen-bond donors (Lipinski definition) is 1. The molecule has 1 aliphatic heterocycles. The number of carbonyl (C=O) groups is 1. The third kappa shape index (κ3) is 3.12. The van der Waals surface area contributed by atoms with Crippen LogP contribution in [0, 0.1) is 0 Å². The van der Waals surface area contributed by atoms with Crippen LogP contribution in [0.1, 0.15) is 29.4 Å². The van der Waals surface area contributed by atoms with Crippen molar-refractivity contribution >= 4 is 5.91 Å². The SMILES string of the molecule is CCCc1[nH]ncc1C(=O)N1CCOC(C(F)(F)F)C1. The molecular weight excluding hydrogens is 275 g/mol. The van der Waals surface area contributed by atoms with Crippen molar-refractivity contribution in [2.45, 2.75) is 32.0 Å². The van der Waals surface area contributed by atoms with E-state index in [-0.39, 0.29) is 13.2 Å². The molecule has 2 rings (SSSR count). The Labute approximate surface area is 114 Å². The summed E-state index contributed by atoms with van der Waals surface area (Å²) in [6, 6.07) is 0. The first kappa shape index (κ1) is 14.8. The maximum absolute atomic E-state index is 12.6. The van der Waals surface area contributed by atoms with Crippen LogP contribution in [0.25, 0.3) is 0 Å². The van der Waals surface area contributed by atoms with Gasteiger partial charge in [0.25, 0.3) is 5.91 Å². The molecule has 1 saturated heterocycles. The van der Waals surface area contributed by atoms with E-state index in [4.69, 9.17) is 0 Å². The number of H-pyrrole nitrogens is 1. The molecule has 0 aromatic carbocycles. The van der Waals surface area contributed by atoms with Crippen LogP contribution < -0.4 is 0 Å². The van der Waals surface area contributed by atoms with E-state index < -0.39 is 24.7 Å². The number of morpholine rings is 1. The van der Waals surface area contributed by atoms with Crippen molar-refractivity contribution < 1.29 is 22.7 Å². The normalized spacial score (nSPS) is 20.2. The van der Waals surface area contributed by atoms with Gasteiger partial charge in [-0.3, -0.25) is 9.89 Å². The lowest BCUT2D eigenvalue weighted by Crippen LogP contribution is -2.51. The van der Waals surface area contributed by atoms with Gasteiger partial charge in [-0.2, -0.15) is 18.3 Å². The Bertz CT molecular complexity index is 473. The Morgan fingerprint density at radius 2 is 2.35 bits per heavy atom. The summed E-state index contributed by atoms with van der Waals surface area (Å²) < 4.78 is 42.6. The summed E-state index contributed by atoms with van der Waals surface area (Å²) in [5.74, 6) is -0.431. The molecule has 0 saturated carbocycles. The minimum absolute atomic E-state index is 0.114. The summed E-state index contributed by atoms with van der Waals surface area (Å²) in [7, 11) is 0. The number of aryl methyl sites for hydroxylation is 1. The Morgan fingerprint density at radius 3 is 3.00 bits per heavy atom. The second-order valence-electron chi connectivity index (χ2n) is 4.66. The Kier molecular flexibility index (Phi) is 4.32. The highest BCUT2D eigenvalue weighted by atomic mass is 19.4. The first-order valence-electron chi connectivity index (χ1n) is 6.43. The van der Waals surface area contributed by atoms with E-state index in [1.807, 2.05) is 6.92 Å². The van der Waals surface area contributed by atoms with Crippen LogP contribution in [-0.2, 0) is 11.2 Å². The standard InChI is InChI=1S/C12H16F3N3O2/c1-2-3-9-8(6-16-17-9)11(19)18-4-5-20-10(7-18)12(13,14)15/h6,10H,2-5,7H2,1H3,(H,16,17). The van der Waals surface area contributed by atoms with Gasteiger partial charge in [0.15, 0.2) is 6.10 Å². The van der Waals surface area contributed by atoms with Gasteiger partial charge in [0.1, 0.15) is 0 Å². The highest BCUT2D eigenvalue weighted by molar-refractivity contribution is 5.95. The van der Waals surface area contributed by atoms with Gasteiger partial charge in [-0.25, -0.2) is 0 Å². The van der Waals surface area contributed by atoms with Crippen molar-refractivity contribution in [2.24, 2.45) is 0 Å². The fourth-order valence-electron chi connectivity index (χ4n) is 2.14. The number of nitrogens with one attached hydrogen (secondary N) is 1. The summed E-state index contributed by atoms with van der Waals surface area (Å²) in [4.78, 5) is 13.4. The minimum Gasteiger partial charge on any atom is -0.365 e. The van der Waals surface area contributed by atoms with Gasteiger partial charge >= 0.3 is 6.18 Å². The molecule has 1 N–H and O–H groups in total. The molecule has 1 aromatic rings. The van der Waals surface area contributed by atoms with Crippen molar-refractivity contribution in [3.63, 3.8) is 0 Å². The van der Waals surface area contributed by atoms with Crippen LogP contribution in [0.4, 0.5) is 13.2 Å². The maximum Gasteiger partial charge on any atom is 0.416 e. The Balaban J connectivity index is 2.10. The summed E-state index contributed by atoms with van der Waals surface area (Å²) >= 11 is 0. The predicted molar refractivity (Wildman–Crippen MR) is 64.3 cm³/mol. The number of rotatable bonds is 3. The van der Waals surface area contributed by atoms with E-state index in [1.54, 1.807) is 0 Å². The van der Waals surface area contributed by atoms with Gasteiger partial charge in [0.05, 0.1) is 24.9 Å². The van der Waals surface area contributed by atoms with E-state index in [2.05, 4.69) is 14.9 Å². The molecule has 5 nitrogen and oxygen atoms in total. The van der Waals surface area contributed by atoms with E-state index in [1.165, 1.54) is 11.1 Å². The summed E-state index contributed by atoms with van der Waals surface area (Å²) in [5, 5.41) is 6.52. The van der Waals surface area contributed by atoms with Crippen LogP contribution >= 0.6 is 0 Å². The smallest absolute Gasteiger partial charge is 0.365 e. The molecule has 20 heavy (non-hydrogen) atoms. The van der Waals surface area contributed by atoms with Crippen molar-refractivity contribution in [1.29, 1.82) is 0 Å². The van der Waals surface area contributed by atoms with Gasteiger partial charge in [0, 0.05) is 12.2 Å². The quantitative estimate of drug-likeness (QED) is 0.923. The van der Waals surface area contributed by atoms with Crippen LogP contribution in [0.3, 0.4) is 0 Å². The van der Waals surface area contributed by atoms with Crippen LogP contribution in [0.15, 0.2) is 6.20 Å². The van der Waals surface area contributed by atoms with Crippen LogP contribution in [-0.4, -0.2) is 53.0 Å². The topological polar surface area (TPSA) is 58.2 Å². The Morgan fingerprint density at radius 1 is 1.60 bits per heavy atom. The molecule has 1 fully saturated rings. The van der Waals surface area contributed by atoms with Gasteiger partial charge in [-0.05, 0) is 6.42 Å². The van der Waals surface area contributed by atoms with Crippen LogP contribution in [0.5, 0.6) is 0 Å². The zero-order chi connectivity index (χ0) is 14.8. The van der Waals surface area contributed by atoms with E-state index in [9.17, 15) is 18.0 Å². The monoisotopic (exact) mass is 291 g/mol. The number of amides is 1. The number of alkyl halides is 3. The third-order valence-corrected chi connectivity index (χ3v) is 3.17. The van der Waals surface area contributed by atoms with Crippen molar-refractivity contribution in [3.05, 3.63) is 17.5 Å². The maximum atomic E-state index is 12.6. The number of ether oxygens (including phenoxy) is 1. The second kappa shape index (κ2) is 5.82. The first-order chi connectivity index (χ1) is 9.43. The number of hydrogen-bond acceptors (Lipinski definition) is 3. The molecule has 1 amide bonds. The lowest BCUT2D eigenvalue weighted by molar-refractivity contribution is -0.233. The third-order valence-electron chi connectivity index (χ3n) is 3.17. The number of nitrogens with zero attached hydrogens (tertiary/aromatic N) is 2. The average Bonchev–Trinajstić information content (AvgIpc) is 2.86. The van der Waals surface area contributed by atoms with E-state index in [0.717, 1.165) is 6.42 Å². The average molecular weight is 291 g/mol. The number of halogens is 3. The van der Waals surface area contributed by atoms with E-state index in [0.29, 0.717) is 17.7 Å². The fraction of sp³-hybridized carbons (Fsp3) is 0.667. The van der Waals surface area contributed by atoms with Crippen molar-refractivity contribution in [2.75, 3.05) is 19.7 Å². The highest BCUT2D eigenvalue weighted by Gasteiger charge is 2.44. The zero-order valence-electron chi connectivity index (χ0n) is 11.0. The van der Waals surface area contributed by atoms with Gasteiger partial charge in [-0.1, -0.05) is 13.3 Å². The first-order valence-corrected chi connectivity index (χ1v) is 6.43. The largest absolute Gasteiger partial charge is 0.416 e. The Hall–Kier alpha value is -1.57. The minimum atomic E-state index is -4.46. The lowest BCUT2D eigenvalue weighted by atomic mass is 10.1. The number of aromatic amines is 1. The molecule has 0 bridgehead atoms. The van der Waals surface area contributed by atoms with E-state index >= 15 is 0 Å². The molecule has 0 spiro atoms. The molecule has 8 heteroatoms. The van der Waals surface area contributed by atoms with Gasteiger partial charge < -0.3 is 9.64 Å². The molecule has 0 aliphatic carbocycles. The zero-order valence-corrected chi connectivity index (χ0v) is 11.0. The number of carbonyl (C=O) groups excluding carboxylic acids is 1. The van der Waals surface area contributed by atoms with Crippen LogP contribution in [0.2, 0.25) is 0 Å². The second-order valence-corrected chi connectivity index (χ2v) is 4.66. The summed E-state index contributed by atoms with van der Waals surface area (Å²) in [6.45, 7) is 1.52. The van der Waals surface area contributed by atoms with Crippen molar-refractivity contribution in [3.8, 4) is 0 Å². The molecular formula is C12H16F3N3O2. The number of aromatic nitrogens is 2. The highest BCUT2D eigenvalue weighted by Crippen LogP contribution is 2.26.